The first kappa shape index (κ1) is 53.0. The van der Waals surface area contributed by atoms with Gasteiger partial charge < -0.3 is 15.9 Å². The third-order valence-corrected chi connectivity index (χ3v) is 0. The molecule has 7 heavy (non-hydrogen) atoms. The Hall–Kier alpha value is 0.380. The predicted molar refractivity (Wildman–Crippen MR) is 30.1 cm³/mol. The zero-order valence-electron chi connectivity index (χ0n) is 3.37. The first-order valence-corrected chi connectivity index (χ1v) is 0.516. The van der Waals surface area contributed by atoms with E-state index in [4.69, 9.17) is 10.4 Å². The van der Waals surface area contributed by atoms with Crippen LogP contribution >= 0.6 is 24.8 Å². The van der Waals surface area contributed by atoms with Crippen molar-refractivity contribution < 1.29 is 15.9 Å². The fourth-order valence-corrected chi connectivity index (χ4v) is 0. The molecule has 0 aliphatic rings. The molecule has 0 aromatic heterocycles. The van der Waals surface area contributed by atoms with Crippen LogP contribution < -0.4 is 11.8 Å². The largest absolute Gasteiger partial charge is 0.412 e. The summed E-state index contributed by atoms with van der Waals surface area (Å²) in [5, 5.41) is 13.0. The standard InChI is InChI=1S/2ClH.2H3NO.H2O/c;;2*1-2;/h2*1H;2*2H,1H2;1H2. The topological polar surface area (TPSA) is 124 Å². The molecule has 0 aliphatic carbocycles. The molecule has 5 nitrogen and oxygen atoms in total. The molecule has 52 valence electrons. The second-order valence-electron chi connectivity index (χ2n) is 0. The maximum Gasteiger partial charge on any atom is -0.147 e. The monoisotopic (exact) mass is 156 g/mol. The molecule has 0 aliphatic heterocycles. The SMILES string of the molecule is Cl.Cl.NO.NO.O. The number of rotatable bonds is 0. The average Bonchev–Trinajstić information content (AvgIpc) is 1.50. The van der Waals surface area contributed by atoms with Crippen molar-refractivity contribution in [3.05, 3.63) is 0 Å². The minimum absolute atomic E-state index is 0. The smallest absolute Gasteiger partial charge is 0.147 e. The molecule has 0 fully saturated rings. The summed E-state index contributed by atoms with van der Waals surface area (Å²) in [6.45, 7) is 0. The van der Waals surface area contributed by atoms with E-state index in [2.05, 4.69) is 11.8 Å². The van der Waals surface area contributed by atoms with Gasteiger partial charge >= 0.3 is 0 Å². The lowest BCUT2D eigenvalue weighted by Gasteiger charge is -1.27. The molecule has 0 aromatic carbocycles. The lowest BCUT2D eigenvalue weighted by Crippen LogP contribution is -1.72. The zero-order valence-corrected chi connectivity index (χ0v) is 5.00. The highest BCUT2D eigenvalue weighted by Gasteiger charge is 0.734. The van der Waals surface area contributed by atoms with E-state index >= 15 is 0 Å². The fourth-order valence-electron chi connectivity index (χ4n) is 0. The van der Waals surface area contributed by atoms with Gasteiger partial charge in [0.2, 0.25) is 0 Å². The van der Waals surface area contributed by atoms with Gasteiger partial charge in [0.15, 0.2) is 0 Å². The quantitative estimate of drug-likeness (QED) is 0.325. The van der Waals surface area contributed by atoms with Gasteiger partial charge in [-0.2, -0.15) is 0 Å². The zero-order chi connectivity index (χ0) is 4.00. The molecule has 0 heterocycles. The van der Waals surface area contributed by atoms with Crippen LogP contribution in [0, 0.1) is 0 Å². The minimum atomic E-state index is 0. The molecule has 0 atom stereocenters. The van der Waals surface area contributed by atoms with E-state index in [1.165, 1.54) is 0 Å². The summed E-state index contributed by atoms with van der Waals surface area (Å²) in [6, 6.07) is 0. The predicted octanol–water partition coefficient (Wildman–Crippen LogP) is -1.31. The Morgan fingerprint density at radius 1 is 0.714 bits per heavy atom. The second-order valence-corrected chi connectivity index (χ2v) is 0. The minimum Gasteiger partial charge on any atom is -0.412 e. The van der Waals surface area contributed by atoms with Crippen molar-refractivity contribution in [3.63, 3.8) is 0 Å². The molecule has 0 radical (unpaired) electrons. The highest BCUT2D eigenvalue weighted by molar-refractivity contribution is 5.85. The van der Waals surface area contributed by atoms with Crippen LogP contribution in [0.15, 0.2) is 0 Å². The maximum atomic E-state index is 6.50. The van der Waals surface area contributed by atoms with Crippen LogP contribution in [-0.4, -0.2) is 15.9 Å². The molecular weight excluding hydrogens is 147 g/mol. The van der Waals surface area contributed by atoms with E-state index < -0.39 is 0 Å². The third-order valence-electron chi connectivity index (χ3n) is 0. The van der Waals surface area contributed by atoms with E-state index in [9.17, 15) is 0 Å². The lowest BCUT2D eigenvalue weighted by atomic mass is 13.6. The number of halogens is 2. The Morgan fingerprint density at radius 2 is 0.714 bits per heavy atom. The fraction of sp³-hybridized carbons (Fsp3) is 0. The van der Waals surface area contributed by atoms with Crippen LogP contribution in [0.2, 0.25) is 0 Å². The normalized spacial score (nSPS) is 1.71. The summed E-state index contributed by atoms with van der Waals surface area (Å²) < 4.78 is 0. The highest BCUT2D eigenvalue weighted by Crippen LogP contribution is 0.691. The Bertz CT molecular complexity index is 10.9. The molecule has 8 N–H and O–H groups in total. The maximum absolute atomic E-state index is 6.50. The van der Waals surface area contributed by atoms with E-state index in [0.717, 1.165) is 0 Å². The molecule has 0 rings (SSSR count). The van der Waals surface area contributed by atoms with Crippen molar-refractivity contribution >= 4 is 24.8 Å². The van der Waals surface area contributed by atoms with Crippen molar-refractivity contribution in [1.82, 2.24) is 0 Å². The van der Waals surface area contributed by atoms with Crippen LogP contribution in [0.5, 0.6) is 0 Å². The van der Waals surface area contributed by atoms with Gasteiger partial charge in [-0.1, -0.05) is 0 Å². The van der Waals surface area contributed by atoms with Crippen LogP contribution in [0.25, 0.3) is 0 Å². The first-order chi connectivity index (χ1) is 2.00. The van der Waals surface area contributed by atoms with Crippen LogP contribution in [-0.2, 0) is 0 Å². The third kappa shape index (κ3) is 848. The van der Waals surface area contributed by atoms with Crippen molar-refractivity contribution in [1.29, 1.82) is 0 Å². The molecule has 0 unspecified atom stereocenters. The summed E-state index contributed by atoms with van der Waals surface area (Å²) in [5.74, 6) is 7.00. The van der Waals surface area contributed by atoms with Gasteiger partial charge in [-0.05, 0) is 0 Å². The highest BCUT2D eigenvalue weighted by atomic mass is 35.5. The Labute approximate surface area is 53.3 Å². The molecule has 0 spiro atoms. The molecule has 0 saturated carbocycles. The van der Waals surface area contributed by atoms with Gasteiger partial charge in [-0.15, -0.1) is 24.8 Å². The van der Waals surface area contributed by atoms with Crippen molar-refractivity contribution in [3.8, 4) is 0 Å². The molecular formula is H10Cl2N2O3. The number of hydrogen-bond acceptors (Lipinski definition) is 4. The summed E-state index contributed by atoms with van der Waals surface area (Å²) in [5.41, 5.74) is 0. The first-order valence-electron chi connectivity index (χ1n) is 0.516. The van der Waals surface area contributed by atoms with E-state index in [0.29, 0.717) is 0 Å². The van der Waals surface area contributed by atoms with Crippen molar-refractivity contribution in [2.75, 3.05) is 0 Å². The van der Waals surface area contributed by atoms with E-state index in [1.807, 2.05) is 0 Å². The van der Waals surface area contributed by atoms with Crippen molar-refractivity contribution in [2.24, 2.45) is 11.8 Å². The Kier molecular flexibility index (Phi) is 9690. The van der Waals surface area contributed by atoms with Crippen LogP contribution in [0.3, 0.4) is 0 Å². The number of hydrogen-bond donors (Lipinski definition) is 4. The summed E-state index contributed by atoms with van der Waals surface area (Å²) in [6.07, 6.45) is 0. The summed E-state index contributed by atoms with van der Waals surface area (Å²) >= 11 is 0. The van der Waals surface area contributed by atoms with E-state index in [1.54, 1.807) is 0 Å². The molecule has 0 bridgehead atoms. The molecule has 0 saturated heterocycles. The van der Waals surface area contributed by atoms with Gasteiger partial charge in [-0.3, -0.25) is 0 Å². The Morgan fingerprint density at radius 3 is 0.714 bits per heavy atom. The van der Waals surface area contributed by atoms with Gasteiger partial charge in [0, 0.05) is 0 Å². The lowest BCUT2D eigenvalue weighted by molar-refractivity contribution is 0.311. The number of nitrogens with two attached hydrogens (primary N) is 2. The van der Waals surface area contributed by atoms with Gasteiger partial charge in [0.25, 0.3) is 0 Å². The van der Waals surface area contributed by atoms with Gasteiger partial charge in [0.1, 0.15) is 0 Å². The van der Waals surface area contributed by atoms with Gasteiger partial charge in [0.05, 0.1) is 0 Å². The van der Waals surface area contributed by atoms with Gasteiger partial charge in [-0.25, -0.2) is 11.8 Å². The summed E-state index contributed by atoms with van der Waals surface area (Å²) in [4.78, 5) is 0. The molecule has 0 amide bonds. The van der Waals surface area contributed by atoms with Crippen LogP contribution in [0.4, 0.5) is 0 Å². The van der Waals surface area contributed by atoms with Crippen LogP contribution in [0.1, 0.15) is 0 Å². The second kappa shape index (κ2) is 1280. The Balaban J connectivity index is -0.00000000267. The summed E-state index contributed by atoms with van der Waals surface area (Å²) in [7, 11) is 0. The van der Waals surface area contributed by atoms with Crippen molar-refractivity contribution in [2.45, 2.75) is 0 Å². The van der Waals surface area contributed by atoms with E-state index in [-0.39, 0.29) is 30.3 Å². The molecule has 0 aromatic rings. The average molecular weight is 157 g/mol. The molecule has 7 heteroatoms.